The van der Waals surface area contributed by atoms with Gasteiger partial charge in [-0.3, -0.25) is 4.79 Å². The molecule has 2 aliphatic rings. The summed E-state index contributed by atoms with van der Waals surface area (Å²) in [5, 5.41) is 2.88. The highest BCUT2D eigenvalue weighted by molar-refractivity contribution is 5.82. The molecular weight excluding hydrogens is 242 g/mol. The number of cyclic esters (lactones) is 1. The molecule has 4 nitrogen and oxygen atoms in total. The van der Waals surface area contributed by atoms with E-state index in [1.54, 1.807) is 0 Å². The summed E-state index contributed by atoms with van der Waals surface area (Å²) < 4.78 is 5.27. The van der Waals surface area contributed by atoms with E-state index in [-0.39, 0.29) is 29.9 Å². The molecule has 0 spiro atoms. The maximum atomic E-state index is 11.8. The van der Waals surface area contributed by atoms with Gasteiger partial charge in [-0.15, -0.1) is 0 Å². The first kappa shape index (κ1) is 14.4. The molecule has 1 saturated heterocycles. The second kappa shape index (κ2) is 6.40. The predicted octanol–water partition coefficient (Wildman–Crippen LogP) is 3.05. The Balaban J connectivity index is 1.89. The molecule has 0 bridgehead atoms. The van der Waals surface area contributed by atoms with Crippen LogP contribution in [0.5, 0.6) is 0 Å². The van der Waals surface area contributed by atoms with E-state index >= 15 is 0 Å². The Morgan fingerprint density at radius 1 is 1.32 bits per heavy atom. The Morgan fingerprint density at radius 3 is 2.63 bits per heavy atom. The summed E-state index contributed by atoms with van der Waals surface area (Å²) in [5.41, 5.74) is 0. The molecule has 0 radical (unpaired) electrons. The van der Waals surface area contributed by atoms with Crippen LogP contribution in [0.3, 0.4) is 0 Å². The SMILES string of the molecule is CC(C)C(=O)CC1OC(=O)N[C@H]1CC1CCCCC1. The molecule has 2 atom stereocenters. The molecular formula is C15H25NO3. The molecule has 1 N–H and O–H groups in total. The van der Waals surface area contributed by atoms with Crippen LogP contribution in [-0.4, -0.2) is 24.0 Å². The lowest BCUT2D eigenvalue weighted by molar-refractivity contribution is -0.123. The van der Waals surface area contributed by atoms with Crippen molar-refractivity contribution < 1.29 is 14.3 Å². The van der Waals surface area contributed by atoms with Crippen LogP contribution in [0.2, 0.25) is 0 Å². The molecule has 1 saturated carbocycles. The van der Waals surface area contributed by atoms with Crippen molar-refractivity contribution >= 4 is 11.9 Å². The Bertz CT molecular complexity index is 334. The highest BCUT2D eigenvalue weighted by Crippen LogP contribution is 2.30. The van der Waals surface area contributed by atoms with Gasteiger partial charge < -0.3 is 10.1 Å². The normalized spacial score (nSPS) is 28.3. The van der Waals surface area contributed by atoms with E-state index in [9.17, 15) is 9.59 Å². The van der Waals surface area contributed by atoms with Crippen molar-refractivity contribution in [2.24, 2.45) is 11.8 Å². The van der Waals surface area contributed by atoms with E-state index in [2.05, 4.69) is 5.32 Å². The van der Waals surface area contributed by atoms with E-state index in [1.165, 1.54) is 32.1 Å². The average molecular weight is 267 g/mol. The van der Waals surface area contributed by atoms with Gasteiger partial charge in [0.1, 0.15) is 11.9 Å². The molecule has 1 amide bonds. The van der Waals surface area contributed by atoms with E-state index in [0.717, 1.165) is 6.42 Å². The zero-order valence-electron chi connectivity index (χ0n) is 12.0. The van der Waals surface area contributed by atoms with Gasteiger partial charge in [-0.25, -0.2) is 4.79 Å². The van der Waals surface area contributed by atoms with Crippen LogP contribution in [0.4, 0.5) is 4.79 Å². The summed E-state index contributed by atoms with van der Waals surface area (Å²) in [7, 11) is 0. The molecule has 2 rings (SSSR count). The summed E-state index contributed by atoms with van der Waals surface area (Å²) >= 11 is 0. The quantitative estimate of drug-likeness (QED) is 0.833. The number of hydrogen-bond donors (Lipinski definition) is 1. The topological polar surface area (TPSA) is 55.4 Å². The molecule has 19 heavy (non-hydrogen) atoms. The van der Waals surface area contributed by atoms with Gasteiger partial charge in [-0.1, -0.05) is 46.0 Å². The zero-order valence-corrected chi connectivity index (χ0v) is 12.0. The van der Waals surface area contributed by atoms with Gasteiger partial charge >= 0.3 is 6.09 Å². The third-order valence-corrected chi connectivity index (χ3v) is 4.37. The number of alkyl carbamates (subject to hydrolysis) is 1. The van der Waals surface area contributed by atoms with Gasteiger partial charge in [0.15, 0.2) is 0 Å². The van der Waals surface area contributed by atoms with Crippen molar-refractivity contribution in [1.82, 2.24) is 5.32 Å². The lowest BCUT2D eigenvalue weighted by Crippen LogP contribution is -2.35. The summed E-state index contributed by atoms with van der Waals surface area (Å²) in [6.07, 6.45) is 7.11. The molecule has 1 heterocycles. The number of ether oxygens (including phenoxy) is 1. The van der Waals surface area contributed by atoms with Crippen LogP contribution in [0.25, 0.3) is 0 Å². The molecule has 108 valence electrons. The van der Waals surface area contributed by atoms with Crippen molar-refractivity contribution in [3.05, 3.63) is 0 Å². The van der Waals surface area contributed by atoms with Crippen LogP contribution in [0, 0.1) is 11.8 Å². The number of ketones is 1. The highest BCUT2D eigenvalue weighted by atomic mass is 16.6. The first-order chi connectivity index (χ1) is 9.06. The first-order valence-electron chi connectivity index (χ1n) is 7.56. The fraction of sp³-hybridized carbons (Fsp3) is 0.867. The molecule has 1 aliphatic carbocycles. The summed E-state index contributed by atoms with van der Waals surface area (Å²) in [5.74, 6) is 0.863. The second-order valence-corrected chi connectivity index (χ2v) is 6.26. The lowest BCUT2D eigenvalue weighted by Gasteiger charge is -2.26. The van der Waals surface area contributed by atoms with Crippen LogP contribution < -0.4 is 5.32 Å². The first-order valence-corrected chi connectivity index (χ1v) is 7.56. The average Bonchev–Trinajstić information content (AvgIpc) is 2.70. The second-order valence-electron chi connectivity index (χ2n) is 6.26. The summed E-state index contributed by atoms with van der Waals surface area (Å²) in [4.78, 5) is 23.2. The van der Waals surface area contributed by atoms with Gasteiger partial charge in [-0.2, -0.15) is 0 Å². The summed E-state index contributed by atoms with van der Waals surface area (Å²) in [6.45, 7) is 3.78. The van der Waals surface area contributed by atoms with Crippen LogP contribution >= 0.6 is 0 Å². The lowest BCUT2D eigenvalue weighted by atomic mass is 9.83. The maximum absolute atomic E-state index is 11.8. The van der Waals surface area contributed by atoms with Crippen molar-refractivity contribution in [3.63, 3.8) is 0 Å². The fourth-order valence-electron chi connectivity index (χ4n) is 3.11. The smallest absolute Gasteiger partial charge is 0.407 e. The number of hydrogen-bond acceptors (Lipinski definition) is 3. The number of carbonyl (C=O) groups is 2. The van der Waals surface area contributed by atoms with Gasteiger partial charge in [-0.05, 0) is 12.3 Å². The molecule has 0 aromatic heterocycles. The maximum Gasteiger partial charge on any atom is 0.407 e. The van der Waals surface area contributed by atoms with Crippen LogP contribution in [0.15, 0.2) is 0 Å². The number of carbonyl (C=O) groups excluding carboxylic acids is 2. The molecule has 2 fully saturated rings. The molecule has 0 aromatic carbocycles. The van der Waals surface area contributed by atoms with E-state index in [1.807, 2.05) is 13.8 Å². The Kier molecular flexibility index (Phi) is 4.83. The Labute approximate surface area is 115 Å². The Morgan fingerprint density at radius 2 is 2.00 bits per heavy atom. The van der Waals surface area contributed by atoms with E-state index in [4.69, 9.17) is 4.74 Å². The van der Waals surface area contributed by atoms with Crippen molar-refractivity contribution in [2.45, 2.75) is 70.9 Å². The molecule has 1 unspecified atom stereocenters. The highest BCUT2D eigenvalue weighted by Gasteiger charge is 2.37. The minimum atomic E-state index is -0.359. The van der Waals surface area contributed by atoms with Crippen molar-refractivity contribution in [3.8, 4) is 0 Å². The predicted molar refractivity (Wildman–Crippen MR) is 72.8 cm³/mol. The zero-order chi connectivity index (χ0) is 13.8. The van der Waals surface area contributed by atoms with E-state index in [0.29, 0.717) is 12.3 Å². The van der Waals surface area contributed by atoms with Gasteiger partial charge in [0, 0.05) is 12.3 Å². The monoisotopic (exact) mass is 267 g/mol. The van der Waals surface area contributed by atoms with E-state index < -0.39 is 0 Å². The van der Waals surface area contributed by atoms with Gasteiger partial charge in [0.2, 0.25) is 0 Å². The van der Waals surface area contributed by atoms with Gasteiger partial charge in [0.05, 0.1) is 6.04 Å². The van der Waals surface area contributed by atoms with Crippen molar-refractivity contribution in [2.75, 3.05) is 0 Å². The van der Waals surface area contributed by atoms with Crippen molar-refractivity contribution in [1.29, 1.82) is 0 Å². The molecule has 4 heteroatoms. The molecule has 1 aliphatic heterocycles. The third kappa shape index (κ3) is 3.95. The molecule has 0 aromatic rings. The number of rotatable bonds is 5. The summed E-state index contributed by atoms with van der Waals surface area (Å²) in [6, 6.07) is 0.0262. The minimum absolute atomic E-state index is 0.00892. The Hall–Kier alpha value is -1.06. The standard InChI is InChI=1S/C15H25NO3/c1-10(2)13(17)9-14-12(16-15(18)19-14)8-11-6-4-3-5-7-11/h10-12,14H,3-9H2,1-2H3,(H,16,18)/t12-,14?/m0/s1. The number of Topliss-reactive ketones (excluding diaryl/α,β-unsaturated/α-hetero) is 1. The largest absolute Gasteiger partial charge is 0.444 e. The van der Waals surface area contributed by atoms with Crippen LogP contribution in [-0.2, 0) is 9.53 Å². The number of nitrogens with one attached hydrogen (secondary N) is 1. The minimum Gasteiger partial charge on any atom is -0.444 e. The number of amides is 1. The fourth-order valence-corrected chi connectivity index (χ4v) is 3.11. The van der Waals surface area contributed by atoms with Gasteiger partial charge in [0.25, 0.3) is 0 Å². The van der Waals surface area contributed by atoms with Crippen LogP contribution in [0.1, 0.15) is 58.8 Å². The third-order valence-electron chi connectivity index (χ3n) is 4.37.